The second kappa shape index (κ2) is 4.55. The normalized spacial score (nSPS) is 20.1. The lowest BCUT2D eigenvalue weighted by atomic mass is 10.0. The standard InChI is InChI=1S/C13H17NO3/c15-9-11-7-14(8-11)6-10-1-2-12-13(5-10)17-4-3-16-12/h1-2,5,11,15H,3-4,6-9H2. The molecule has 0 saturated carbocycles. The van der Waals surface area contributed by atoms with Gasteiger partial charge in [0.05, 0.1) is 0 Å². The third kappa shape index (κ3) is 2.23. The number of nitrogens with zero attached hydrogens (tertiary/aromatic N) is 1. The Kier molecular flexibility index (Phi) is 2.91. The van der Waals surface area contributed by atoms with Crippen LogP contribution in [0.2, 0.25) is 0 Å². The van der Waals surface area contributed by atoms with Gasteiger partial charge in [-0.1, -0.05) is 6.07 Å². The molecule has 0 atom stereocenters. The van der Waals surface area contributed by atoms with Crippen molar-refractivity contribution in [3.05, 3.63) is 23.8 Å². The van der Waals surface area contributed by atoms with Crippen molar-refractivity contribution >= 4 is 0 Å². The molecule has 1 fully saturated rings. The molecule has 0 unspecified atom stereocenters. The Bertz CT molecular complexity index is 402. The van der Waals surface area contributed by atoms with Gasteiger partial charge in [0.25, 0.3) is 0 Å². The summed E-state index contributed by atoms with van der Waals surface area (Å²) in [5.74, 6) is 2.16. The van der Waals surface area contributed by atoms with E-state index in [4.69, 9.17) is 14.6 Å². The maximum Gasteiger partial charge on any atom is 0.161 e. The minimum absolute atomic E-state index is 0.303. The highest BCUT2D eigenvalue weighted by atomic mass is 16.6. The molecule has 2 heterocycles. The highest BCUT2D eigenvalue weighted by molar-refractivity contribution is 5.43. The number of benzene rings is 1. The van der Waals surface area contributed by atoms with E-state index in [1.165, 1.54) is 5.56 Å². The smallest absolute Gasteiger partial charge is 0.161 e. The van der Waals surface area contributed by atoms with Gasteiger partial charge < -0.3 is 14.6 Å². The Morgan fingerprint density at radius 2 is 1.94 bits per heavy atom. The van der Waals surface area contributed by atoms with Crippen molar-refractivity contribution in [1.82, 2.24) is 4.90 Å². The molecule has 0 aromatic heterocycles. The zero-order chi connectivity index (χ0) is 11.7. The lowest BCUT2D eigenvalue weighted by Gasteiger charge is -2.38. The summed E-state index contributed by atoms with van der Waals surface area (Å²) < 4.78 is 11.0. The first kappa shape index (κ1) is 10.9. The summed E-state index contributed by atoms with van der Waals surface area (Å²) in [6, 6.07) is 6.12. The quantitative estimate of drug-likeness (QED) is 0.844. The first-order chi connectivity index (χ1) is 8.35. The summed E-state index contributed by atoms with van der Waals surface area (Å²) in [5, 5.41) is 8.96. The van der Waals surface area contributed by atoms with Crippen LogP contribution in [0.4, 0.5) is 0 Å². The molecule has 92 valence electrons. The fraction of sp³-hybridized carbons (Fsp3) is 0.538. The van der Waals surface area contributed by atoms with Crippen LogP contribution in [0.25, 0.3) is 0 Å². The topological polar surface area (TPSA) is 41.9 Å². The minimum atomic E-state index is 0.303. The summed E-state index contributed by atoms with van der Waals surface area (Å²) >= 11 is 0. The zero-order valence-electron chi connectivity index (χ0n) is 9.76. The number of aliphatic hydroxyl groups is 1. The average molecular weight is 235 g/mol. The maximum absolute atomic E-state index is 8.96. The molecule has 1 N–H and O–H groups in total. The minimum Gasteiger partial charge on any atom is -0.486 e. The van der Waals surface area contributed by atoms with Gasteiger partial charge in [-0.05, 0) is 17.7 Å². The molecule has 0 radical (unpaired) electrons. The maximum atomic E-state index is 8.96. The van der Waals surface area contributed by atoms with Crippen LogP contribution in [0.5, 0.6) is 11.5 Å². The second-order valence-corrected chi connectivity index (χ2v) is 4.72. The molecule has 0 spiro atoms. The highest BCUT2D eigenvalue weighted by Gasteiger charge is 2.25. The van der Waals surface area contributed by atoms with E-state index in [-0.39, 0.29) is 0 Å². The molecule has 0 amide bonds. The SMILES string of the molecule is OCC1CN(Cc2ccc3c(c2)OCCO3)C1. The van der Waals surface area contributed by atoms with Gasteiger partial charge in [0.15, 0.2) is 11.5 Å². The predicted molar refractivity (Wildman–Crippen MR) is 63.3 cm³/mol. The van der Waals surface area contributed by atoms with Crippen LogP contribution in [0.1, 0.15) is 5.56 Å². The Labute approximate surface area is 101 Å². The Balaban J connectivity index is 1.64. The molecule has 4 heteroatoms. The van der Waals surface area contributed by atoms with Crippen LogP contribution in [0.3, 0.4) is 0 Å². The second-order valence-electron chi connectivity index (χ2n) is 4.72. The number of hydrogen-bond acceptors (Lipinski definition) is 4. The number of rotatable bonds is 3. The summed E-state index contributed by atoms with van der Waals surface area (Å²) in [4.78, 5) is 2.33. The summed E-state index contributed by atoms with van der Waals surface area (Å²) in [7, 11) is 0. The van der Waals surface area contributed by atoms with Gasteiger partial charge in [-0.15, -0.1) is 0 Å². The number of likely N-dealkylation sites (tertiary alicyclic amines) is 1. The predicted octanol–water partition coefficient (Wildman–Crippen LogP) is 0.882. The van der Waals surface area contributed by atoms with Gasteiger partial charge in [-0.25, -0.2) is 0 Å². The monoisotopic (exact) mass is 235 g/mol. The van der Waals surface area contributed by atoms with Crippen LogP contribution in [-0.4, -0.2) is 42.9 Å². The van der Waals surface area contributed by atoms with Crippen LogP contribution in [0, 0.1) is 5.92 Å². The van der Waals surface area contributed by atoms with Crippen molar-refractivity contribution < 1.29 is 14.6 Å². The molecule has 1 saturated heterocycles. The Morgan fingerprint density at radius 1 is 1.18 bits per heavy atom. The molecular formula is C13H17NO3. The van der Waals surface area contributed by atoms with Gasteiger partial charge in [0, 0.05) is 32.2 Å². The Hall–Kier alpha value is -1.26. The van der Waals surface area contributed by atoms with Crippen LogP contribution >= 0.6 is 0 Å². The van der Waals surface area contributed by atoms with Crippen LogP contribution in [0.15, 0.2) is 18.2 Å². The first-order valence-corrected chi connectivity index (χ1v) is 6.07. The van der Waals surface area contributed by atoms with Crippen molar-refractivity contribution in [2.24, 2.45) is 5.92 Å². The lowest BCUT2D eigenvalue weighted by Crippen LogP contribution is -2.47. The molecule has 0 aliphatic carbocycles. The van der Waals surface area contributed by atoms with Crippen molar-refractivity contribution in [3.8, 4) is 11.5 Å². The first-order valence-electron chi connectivity index (χ1n) is 6.07. The largest absolute Gasteiger partial charge is 0.486 e. The van der Waals surface area contributed by atoms with Gasteiger partial charge >= 0.3 is 0 Å². The Morgan fingerprint density at radius 3 is 2.71 bits per heavy atom. The van der Waals surface area contributed by atoms with E-state index in [1.54, 1.807) is 0 Å². The van der Waals surface area contributed by atoms with E-state index in [0.29, 0.717) is 25.7 Å². The molecule has 17 heavy (non-hydrogen) atoms. The molecular weight excluding hydrogens is 218 g/mol. The van der Waals surface area contributed by atoms with Gasteiger partial charge in [0.2, 0.25) is 0 Å². The highest BCUT2D eigenvalue weighted by Crippen LogP contribution is 2.31. The molecule has 3 rings (SSSR count). The number of hydrogen-bond donors (Lipinski definition) is 1. The fourth-order valence-corrected chi connectivity index (χ4v) is 2.37. The van der Waals surface area contributed by atoms with E-state index in [2.05, 4.69) is 17.0 Å². The molecule has 1 aromatic carbocycles. The molecule has 2 aliphatic rings. The average Bonchev–Trinajstić information content (AvgIpc) is 2.33. The van der Waals surface area contributed by atoms with E-state index in [0.717, 1.165) is 31.1 Å². The van der Waals surface area contributed by atoms with E-state index in [9.17, 15) is 0 Å². The molecule has 0 bridgehead atoms. The number of aliphatic hydroxyl groups excluding tert-OH is 1. The van der Waals surface area contributed by atoms with Gasteiger partial charge in [0.1, 0.15) is 13.2 Å². The van der Waals surface area contributed by atoms with Crippen molar-refractivity contribution in [3.63, 3.8) is 0 Å². The van der Waals surface area contributed by atoms with Crippen molar-refractivity contribution in [2.75, 3.05) is 32.9 Å². The van der Waals surface area contributed by atoms with Crippen LogP contribution < -0.4 is 9.47 Å². The number of ether oxygens (including phenoxy) is 2. The van der Waals surface area contributed by atoms with E-state index < -0.39 is 0 Å². The van der Waals surface area contributed by atoms with E-state index in [1.807, 2.05) is 6.07 Å². The molecule has 2 aliphatic heterocycles. The van der Waals surface area contributed by atoms with E-state index >= 15 is 0 Å². The van der Waals surface area contributed by atoms with Crippen molar-refractivity contribution in [1.29, 1.82) is 0 Å². The van der Waals surface area contributed by atoms with Gasteiger partial charge in [-0.2, -0.15) is 0 Å². The summed E-state index contributed by atoms with van der Waals surface area (Å²) in [6.07, 6.45) is 0. The zero-order valence-corrected chi connectivity index (χ0v) is 9.76. The summed E-state index contributed by atoms with van der Waals surface area (Å²) in [6.45, 7) is 4.48. The van der Waals surface area contributed by atoms with Gasteiger partial charge in [-0.3, -0.25) is 4.90 Å². The third-order valence-electron chi connectivity index (χ3n) is 3.30. The molecule has 4 nitrogen and oxygen atoms in total. The lowest BCUT2D eigenvalue weighted by molar-refractivity contribution is 0.0478. The fourth-order valence-electron chi connectivity index (χ4n) is 2.37. The number of fused-ring (bicyclic) bond motifs is 1. The van der Waals surface area contributed by atoms with Crippen LogP contribution in [-0.2, 0) is 6.54 Å². The summed E-state index contributed by atoms with van der Waals surface area (Å²) in [5.41, 5.74) is 1.24. The molecule has 1 aromatic rings. The third-order valence-corrected chi connectivity index (χ3v) is 3.30. The van der Waals surface area contributed by atoms with Crippen molar-refractivity contribution in [2.45, 2.75) is 6.54 Å².